The molecule has 1 aromatic heterocycles. The van der Waals surface area contributed by atoms with Crippen LogP contribution >= 0.6 is 0 Å². The molecule has 3 heterocycles. The van der Waals surface area contributed by atoms with Gasteiger partial charge in [-0.2, -0.15) is 0 Å². The minimum Gasteiger partial charge on any atom is -0.373 e. The number of imidazole rings is 1. The summed E-state index contributed by atoms with van der Waals surface area (Å²) in [5.41, 5.74) is 2.21. The van der Waals surface area contributed by atoms with Crippen LogP contribution in [0.4, 0.5) is 5.95 Å². The first-order valence-corrected chi connectivity index (χ1v) is 7.85. The highest BCUT2D eigenvalue weighted by atomic mass is 16.5. The lowest BCUT2D eigenvalue weighted by Crippen LogP contribution is -2.31. The summed E-state index contributed by atoms with van der Waals surface area (Å²) in [5.74, 6) is 0.980. The molecule has 110 valence electrons. The van der Waals surface area contributed by atoms with Gasteiger partial charge in [-0.15, -0.1) is 0 Å². The largest absolute Gasteiger partial charge is 0.373 e. The van der Waals surface area contributed by atoms with Crippen LogP contribution in [0.1, 0.15) is 32.2 Å². The van der Waals surface area contributed by atoms with Gasteiger partial charge in [-0.1, -0.05) is 30.3 Å². The molecule has 3 unspecified atom stereocenters. The molecule has 21 heavy (non-hydrogen) atoms. The van der Waals surface area contributed by atoms with Crippen LogP contribution < -0.4 is 5.32 Å². The summed E-state index contributed by atoms with van der Waals surface area (Å²) in [6.07, 6.45) is 6.33. The van der Waals surface area contributed by atoms with Gasteiger partial charge in [0.1, 0.15) is 0 Å². The maximum Gasteiger partial charge on any atom is 0.203 e. The molecule has 2 aliphatic rings. The Hall–Kier alpha value is -1.81. The van der Waals surface area contributed by atoms with Crippen molar-refractivity contribution in [2.24, 2.45) is 0 Å². The zero-order valence-corrected chi connectivity index (χ0v) is 12.3. The number of hydrogen-bond acceptors (Lipinski definition) is 3. The number of anilines is 1. The fraction of sp³-hybridized carbons (Fsp3) is 0.471. The minimum absolute atomic E-state index is 0.332. The van der Waals surface area contributed by atoms with Crippen LogP contribution in [0.15, 0.2) is 36.5 Å². The van der Waals surface area contributed by atoms with E-state index < -0.39 is 0 Å². The fourth-order valence-electron chi connectivity index (χ4n) is 3.48. The number of nitrogens with zero attached hydrogens (tertiary/aromatic N) is 2. The first-order chi connectivity index (χ1) is 10.3. The summed E-state index contributed by atoms with van der Waals surface area (Å²) in [5, 5.41) is 3.41. The van der Waals surface area contributed by atoms with Gasteiger partial charge in [0.2, 0.25) is 5.95 Å². The molecule has 1 saturated heterocycles. The monoisotopic (exact) mass is 283 g/mol. The van der Waals surface area contributed by atoms with E-state index in [9.17, 15) is 0 Å². The molecule has 4 rings (SSSR count). The second kappa shape index (κ2) is 5.19. The lowest BCUT2D eigenvalue weighted by atomic mass is 10.0. The normalized spacial score (nSPS) is 28.1. The lowest BCUT2D eigenvalue weighted by molar-refractivity contribution is 0.0205. The van der Waals surface area contributed by atoms with Gasteiger partial charge in [-0.25, -0.2) is 4.98 Å². The van der Waals surface area contributed by atoms with Crippen molar-refractivity contribution < 1.29 is 4.74 Å². The molecule has 0 bridgehead atoms. The molecule has 0 spiro atoms. The predicted molar refractivity (Wildman–Crippen MR) is 83.4 cm³/mol. The minimum atomic E-state index is 0.332. The number of benzene rings is 1. The first kappa shape index (κ1) is 12.9. The Bertz CT molecular complexity index is 622. The summed E-state index contributed by atoms with van der Waals surface area (Å²) in [6.45, 7) is 3.15. The third-order valence-electron chi connectivity index (χ3n) is 4.58. The molecule has 1 aromatic carbocycles. The average molecular weight is 283 g/mol. The van der Waals surface area contributed by atoms with E-state index in [2.05, 4.69) is 47.3 Å². The van der Waals surface area contributed by atoms with Crippen molar-refractivity contribution in [3.05, 3.63) is 36.5 Å². The second-order valence-electron chi connectivity index (χ2n) is 6.07. The number of nitrogens with one attached hydrogen (secondary N) is 1. The van der Waals surface area contributed by atoms with E-state index in [1.165, 1.54) is 12.0 Å². The van der Waals surface area contributed by atoms with E-state index in [4.69, 9.17) is 9.72 Å². The maximum atomic E-state index is 6.10. The SMILES string of the molecule is CC1CCC(C2CCNc3nc(-c4ccccc4)cn32)O1. The van der Waals surface area contributed by atoms with Crippen LogP contribution in [0, 0.1) is 0 Å². The number of ether oxygens (including phenoxy) is 1. The van der Waals surface area contributed by atoms with Gasteiger partial charge in [0.25, 0.3) is 0 Å². The number of hydrogen-bond donors (Lipinski definition) is 1. The second-order valence-corrected chi connectivity index (χ2v) is 6.07. The molecule has 4 heteroatoms. The van der Waals surface area contributed by atoms with Crippen molar-refractivity contribution in [2.45, 2.75) is 44.4 Å². The van der Waals surface area contributed by atoms with Crippen molar-refractivity contribution in [3.63, 3.8) is 0 Å². The summed E-state index contributed by atoms with van der Waals surface area (Å²) in [6, 6.07) is 10.8. The van der Waals surface area contributed by atoms with Crippen molar-refractivity contribution in [3.8, 4) is 11.3 Å². The highest BCUT2D eigenvalue weighted by molar-refractivity contribution is 5.61. The molecule has 0 saturated carbocycles. The molecular weight excluding hydrogens is 262 g/mol. The molecule has 2 aliphatic heterocycles. The zero-order valence-electron chi connectivity index (χ0n) is 12.3. The smallest absolute Gasteiger partial charge is 0.203 e. The number of rotatable bonds is 2. The van der Waals surface area contributed by atoms with Crippen LogP contribution in [0.2, 0.25) is 0 Å². The molecule has 0 radical (unpaired) electrons. The number of aromatic nitrogens is 2. The van der Waals surface area contributed by atoms with Crippen molar-refractivity contribution in [1.82, 2.24) is 9.55 Å². The molecular formula is C17H21N3O. The van der Waals surface area contributed by atoms with Crippen LogP contribution in [-0.2, 0) is 4.74 Å². The van der Waals surface area contributed by atoms with E-state index in [1.54, 1.807) is 0 Å². The van der Waals surface area contributed by atoms with E-state index in [0.29, 0.717) is 18.2 Å². The van der Waals surface area contributed by atoms with Crippen LogP contribution in [-0.4, -0.2) is 28.3 Å². The quantitative estimate of drug-likeness (QED) is 0.917. The molecule has 3 atom stereocenters. The third kappa shape index (κ3) is 2.33. The van der Waals surface area contributed by atoms with Gasteiger partial charge in [0.15, 0.2) is 0 Å². The van der Waals surface area contributed by atoms with Gasteiger partial charge >= 0.3 is 0 Å². The molecule has 1 fully saturated rings. The molecule has 2 aromatic rings. The molecule has 1 N–H and O–H groups in total. The first-order valence-electron chi connectivity index (χ1n) is 7.85. The van der Waals surface area contributed by atoms with Crippen LogP contribution in [0.25, 0.3) is 11.3 Å². The average Bonchev–Trinajstić information content (AvgIpc) is 3.14. The predicted octanol–water partition coefficient (Wildman–Crippen LogP) is 3.47. The van der Waals surface area contributed by atoms with Gasteiger partial charge in [0, 0.05) is 18.3 Å². The maximum absolute atomic E-state index is 6.10. The summed E-state index contributed by atoms with van der Waals surface area (Å²) >= 11 is 0. The molecule has 0 aliphatic carbocycles. The standard InChI is InChI=1S/C17H21N3O/c1-12-7-8-16(21-12)15-9-10-18-17-19-14(11-20(15)17)13-5-3-2-4-6-13/h2-6,11-12,15-16H,7-10H2,1H3,(H,18,19). The van der Waals surface area contributed by atoms with Gasteiger partial charge in [0.05, 0.1) is 23.9 Å². The van der Waals surface area contributed by atoms with Crippen molar-refractivity contribution in [2.75, 3.05) is 11.9 Å². The van der Waals surface area contributed by atoms with E-state index >= 15 is 0 Å². The Labute approximate surface area is 125 Å². The van der Waals surface area contributed by atoms with Gasteiger partial charge in [-0.05, 0) is 26.2 Å². The van der Waals surface area contributed by atoms with Crippen molar-refractivity contribution in [1.29, 1.82) is 0 Å². The fourth-order valence-corrected chi connectivity index (χ4v) is 3.48. The Morgan fingerprint density at radius 3 is 2.81 bits per heavy atom. The Kier molecular flexibility index (Phi) is 3.19. The van der Waals surface area contributed by atoms with Crippen LogP contribution in [0.5, 0.6) is 0 Å². The lowest BCUT2D eigenvalue weighted by Gasteiger charge is -2.30. The van der Waals surface area contributed by atoms with E-state index in [1.807, 2.05) is 6.07 Å². The Balaban J connectivity index is 1.67. The highest BCUT2D eigenvalue weighted by Crippen LogP contribution is 2.36. The van der Waals surface area contributed by atoms with E-state index in [0.717, 1.165) is 31.0 Å². The summed E-state index contributed by atoms with van der Waals surface area (Å²) in [7, 11) is 0. The summed E-state index contributed by atoms with van der Waals surface area (Å²) < 4.78 is 8.38. The molecule has 4 nitrogen and oxygen atoms in total. The third-order valence-corrected chi connectivity index (χ3v) is 4.58. The topological polar surface area (TPSA) is 39.1 Å². The van der Waals surface area contributed by atoms with Gasteiger partial charge < -0.3 is 14.6 Å². The highest BCUT2D eigenvalue weighted by Gasteiger charge is 2.33. The van der Waals surface area contributed by atoms with Crippen molar-refractivity contribution >= 4 is 5.95 Å². The number of fused-ring (bicyclic) bond motifs is 1. The summed E-state index contributed by atoms with van der Waals surface area (Å²) in [4.78, 5) is 4.76. The zero-order chi connectivity index (χ0) is 14.2. The Morgan fingerprint density at radius 1 is 1.19 bits per heavy atom. The van der Waals surface area contributed by atoms with Gasteiger partial charge in [-0.3, -0.25) is 0 Å². The Morgan fingerprint density at radius 2 is 2.05 bits per heavy atom. The molecule has 0 amide bonds. The van der Waals surface area contributed by atoms with E-state index in [-0.39, 0.29) is 0 Å². The van der Waals surface area contributed by atoms with Crippen LogP contribution in [0.3, 0.4) is 0 Å².